The molecule has 0 aromatic carbocycles. The molecule has 0 unspecified atom stereocenters. The molecule has 14 heavy (non-hydrogen) atoms. The van der Waals surface area contributed by atoms with E-state index in [1.165, 1.54) is 6.92 Å². The van der Waals surface area contributed by atoms with Gasteiger partial charge in [0.25, 0.3) is 10.2 Å². The summed E-state index contributed by atoms with van der Waals surface area (Å²) < 4.78 is 27.3. The van der Waals surface area contributed by atoms with E-state index < -0.39 is 10.2 Å². The lowest BCUT2D eigenvalue weighted by Gasteiger charge is -2.12. The maximum Gasteiger partial charge on any atom is 0.277 e. The summed E-state index contributed by atoms with van der Waals surface area (Å²) in [4.78, 5) is 10.6. The average molecular weight is 220 g/mol. The molecule has 0 aromatic heterocycles. The van der Waals surface area contributed by atoms with Crippen molar-refractivity contribution >= 4 is 16.0 Å². The molecule has 82 valence electrons. The van der Waals surface area contributed by atoms with Crippen molar-refractivity contribution in [3.8, 4) is 0 Å². The second-order valence-electron chi connectivity index (χ2n) is 3.63. The molecule has 1 aliphatic rings. The molecular formula is C8H16N2O3S. The fourth-order valence-corrected chi connectivity index (χ4v) is 2.65. The van der Waals surface area contributed by atoms with Gasteiger partial charge in [0.1, 0.15) is 5.78 Å². The fourth-order valence-electron chi connectivity index (χ4n) is 1.50. The van der Waals surface area contributed by atoms with Gasteiger partial charge in [0, 0.05) is 6.04 Å². The lowest BCUT2D eigenvalue weighted by molar-refractivity contribution is -0.115. The van der Waals surface area contributed by atoms with Gasteiger partial charge in [0.2, 0.25) is 0 Å². The molecule has 0 bridgehead atoms. The van der Waals surface area contributed by atoms with Crippen LogP contribution in [0.2, 0.25) is 0 Å². The zero-order valence-electron chi connectivity index (χ0n) is 8.25. The van der Waals surface area contributed by atoms with Crippen LogP contribution in [0.3, 0.4) is 0 Å². The first-order chi connectivity index (χ1) is 6.49. The number of hydrogen-bond acceptors (Lipinski definition) is 3. The minimum atomic E-state index is -3.48. The van der Waals surface area contributed by atoms with Crippen LogP contribution >= 0.6 is 0 Å². The van der Waals surface area contributed by atoms with Crippen molar-refractivity contribution in [2.24, 2.45) is 0 Å². The smallest absolute Gasteiger partial charge is 0.277 e. The molecule has 1 saturated carbocycles. The highest BCUT2D eigenvalue weighted by atomic mass is 32.2. The van der Waals surface area contributed by atoms with Gasteiger partial charge in [-0.25, -0.2) is 0 Å². The van der Waals surface area contributed by atoms with Gasteiger partial charge in [0.05, 0.1) is 6.54 Å². The first-order valence-corrected chi connectivity index (χ1v) is 6.24. The quantitative estimate of drug-likeness (QED) is 0.681. The molecule has 0 atom stereocenters. The summed E-state index contributed by atoms with van der Waals surface area (Å²) in [5.41, 5.74) is 0. The van der Waals surface area contributed by atoms with E-state index in [1.807, 2.05) is 0 Å². The van der Waals surface area contributed by atoms with Gasteiger partial charge in [-0.3, -0.25) is 4.79 Å². The van der Waals surface area contributed by atoms with Crippen LogP contribution in [0, 0.1) is 0 Å². The molecule has 0 heterocycles. The predicted octanol–water partition coefficient (Wildman–Crippen LogP) is -0.0580. The standard InChI is InChI=1S/C8H16N2O3S/c1-7(11)6-9-14(12,13)10-8-4-2-3-5-8/h8-10H,2-6H2,1H3. The van der Waals surface area contributed by atoms with Crippen LogP contribution in [0.25, 0.3) is 0 Å². The monoisotopic (exact) mass is 220 g/mol. The fraction of sp³-hybridized carbons (Fsp3) is 0.875. The zero-order chi connectivity index (χ0) is 10.6. The number of Topliss-reactive ketones (excluding diaryl/α,β-unsaturated/α-hetero) is 1. The molecular weight excluding hydrogens is 204 g/mol. The molecule has 0 amide bonds. The van der Waals surface area contributed by atoms with E-state index in [0.29, 0.717) is 0 Å². The lowest BCUT2D eigenvalue weighted by Crippen LogP contribution is -2.43. The minimum absolute atomic E-state index is 0.0412. The van der Waals surface area contributed by atoms with Crippen LogP contribution in [0.15, 0.2) is 0 Å². The molecule has 0 radical (unpaired) electrons. The van der Waals surface area contributed by atoms with E-state index >= 15 is 0 Å². The van der Waals surface area contributed by atoms with Gasteiger partial charge in [-0.1, -0.05) is 12.8 Å². The minimum Gasteiger partial charge on any atom is -0.299 e. The third-order valence-corrected chi connectivity index (χ3v) is 3.36. The summed E-state index contributed by atoms with van der Waals surface area (Å²) in [7, 11) is -3.48. The van der Waals surface area contributed by atoms with Crippen molar-refractivity contribution in [2.45, 2.75) is 38.6 Å². The van der Waals surface area contributed by atoms with Gasteiger partial charge in [-0.15, -0.1) is 0 Å². The summed E-state index contributed by atoms with van der Waals surface area (Å²) in [5.74, 6) is -0.193. The van der Waals surface area contributed by atoms with Crippen LogP contribution in [-0.4, -0.2) is 26.8 Å². The van der Waals surface area contributed by atoms with Crippen LogP contribution in [0.4, 0.5) is 0 Å². The topological polar surface area (TPSA) is 75.3 Å². The van der Waals surface area contributed by atoms with Crippen molar-refractivity contribution in [3.05, 3.63) is 0 Å². The highest BCUT2D eigenvalue weighted by molar-refractivity contribution is 7.87. The molecule has 6 heteroatoms. The Hall–Kier alpha value is -0.460. The third kappa shape index (κ3) is 4.17. The van der Waals surface area contributed by atoms with E-state index in [2.05, 4.69) is 9.44 Å². The van der Waals surface area contributed by atoms with Crippen LogP contribution in [-0.2, 0) is 15.0 Å². The maximum atomic E-state index is 11.3. The molecule has 0 aromatic rings. The van der Waals surface area contributed by atoms with Crippen molar-refractivity contribution < 1.29 is 13.2 Å². The van der Waals surface area contributed by atoms with Crippen molar-refractivity contribution in [1.29, 1.82) is 0 Å². The van der Waals surface area contributed by atoms with Gasteiger partial charge < -0.3 is 0 Å². The first-order valence-electron chi connectivity index (χ1n) is 4.76. The number of carbonyl (C=O) groups excluding carboxylic acids is 1. The summed E-state index contributed by atoms with van der Waals surface area (Å²) in [5, 5.41) is 0. The number of carbonyl (C=O) groups is 1. The van der Waals surface area contributed by atoms with Crippen LogP contribution in [0.5, 0.6) is 0 Å². The highest BCUT2D eigenvalue weighted by Crippen LogP contribution is 2.17. The summed E-state index contributed by atoms with van der Waals surface area (Å²) >= 11 is 0. The Morgan fingerprint density at radius 1 is 1.36 bits per heavy atom. The molecule has 1 fully saturated rings. The summed E-state index contributed by atoms with van der Waals surface area (Å²) in [6.07, 6.45) is 3.92. The average Bonchev–Trinajstić information content (AvgIpc) is 2.53. The Labute approximate surface area is 84.4 Å². The molecule has 0 spiro atoms. The van der Waals surface area contributed by atoms with E-state index in [0.717, 1.165) is 25.7 Å². The molecule has 2 N–H and O–H groups in total. The zero-order valence-corrected chi connectivity index (χ0v) is 9.06. The number of ketones is 1. The van der Waals surface area contributed by atoms with E-state index in [1.54, 1.807) is 0 Å². The maximum absolute atomic E-state index is 11.3. The summed E-state index contributed by atoms with van der Waals surface area (Å²) in [6, 6.07) is 0.0412. The SMILES string of the molecule is CC(=O)CNS(=O)(=O)NC1CCCC1. The largest absolute Gasteiger partial charge is 0.299 e. The van der Waals surface area contributed by atoms with E-state index in [-0.39, 0.29) is 18.4 Å². The Balaban J connectivity index is 2.36. The number of rotatable bonds is 5. The van der Waals surface area contributed by atoms with Crippen LogP contribution in [0.1, 0.15) is 32.6 Å². The lowest BCUT2D eigenvalue weighted by atomic mass is 10.3. The predicted molar refractivity (Wildman–Crippen MR) is 53.0 cm³/mol. The van der Waals surface area contributed by atoms with Crippen molar-refractivity contribution in [1.82, 2.24) is 9.44 Å². The Bertz CT molecular complexity index is 294. The van der Waals surface area contributed by atoms with E-state index in [4.69, 9.17) is 0 Å². The number of hydrogen-bond donors (Lipinski definition) is 2. The second kappa shape index (κ2) is 4.86. The molecule has 0 aliphatic heterocycles. The van der Waals surface area contributed by atoms with Crippen molar-refractivity contribution in [2.75, 3.05) is 6.54 Å². The second-order valence-corrected chi connectivity index (χ2v) is 5.16. The molecule has 1 rings (SSSR count). The highest BCUT2D eigenvalue weighted by Gasteiger charge is 2.20. The Kier molecular flexibility index (Phi) is 4.03. The normalized spacial score (nSPS) is 18.6. The first kappa shape index (κ1) is 11.6. The van der Waals surface area contributed by atoms with Gasteiger partial charge in [-0.2, -0.15) is 17.9 Å². The third-order valence-electron chi connectivity index (χ3n) is 2.19. The van der Waals surface area contributed by atoms with E-state index in [9.17, 15) is 13.2 Å². The molecule has 1 aliphatic carbocycles. The van der Waals surface area contributed by atoms with Gasteiger partial charge in [-0.05, 0) is 19.8 Å². The summed E-state index contributed by atoms with van der Waals surface area (Å²) in [6.45, 7) is 1.21. The Morgan fingerprint density at radius 3 is 2.43 bits per heavy atom. The number of nitrogens with one attached hydrogen (secondary N) is 2. The Morgan fingerprint density at radius 2 is 1.93 bits per heavy atom. The molecule has 5 nitrogen and oxygen atoms in total. The van der Waals surface area contributed by atoms with Crippen LogP contribution < -0.4 is 9.44 Å². The van der Waals surface area contributed by atoms with Gasteiger partial charge in [0.15, 0.2) is 0 Å². The van der Waals surface area contributed by atoms with Gasteiger partial charge >= 0.3 is 0 Å². The van der Waals surface area contributed by atoms with Crippen molar-refractivity contribution in [3.63, 3.8) is 0 Å². The molecule has 0 saturated heterocycles.